The fourth-order valence-electron chi connectivity index (χ4n) is 1.81. The molecule has 4 heteroatoms. The van der Waals surface area contributed by atoms with Gasteiger partial charge < -0.3 is 4.74 Å². The lowest BCUT2D eigenvalue weighted by molar-refractivity contribution is 0.0600. The minimum Gasteiger partial charge on any atom is -0.465 e. The zero-order chi connectivity index (χ0) is 15.2. The standard InChI is InChI=1S/C17H13BrO3/c1-21-17(20)15-5-3-2-4-12(15)8-11-16(19)13-6-9-14(18)10-7-13/h2-11H,1H3/b11-8+. The van der Waals surface area contributed by atoms with Crippen molar-refractivity contribution in [3.8, 4) is 0 Å². The van der Waals surface area contributed by atoms with Gasteiger partial charge >= 0.3 is 5.97 Å². The molecule has 0 spiro atoms. The molecule has 0 fully saturated rings. The van der Waals surface area contributed by atoms with E-state index in [2.05, 4.69) is 15.9 Å². The predicted octanol–water partition coefficient (Wildman–Crippen LogP) is 4.13. The number of hydrogen-bond acceptors (Lipinski definition) is 3. The second-order valence-electron chi connectivity index (χ2n) is 4.28. The number of allylic oxidation sites excluding steroid dienone is 1. The summed E-state index contributed by atoms with van der Waals surface area (Å²) in [6.07, 6.45) is 3.07. The zero-order valence-electron chi connectivity index (χ0n) is 11.4. The molecule has 0 aliphatic rings. The first-order valence-electron chi connectivity index (χ1n) is 6.27. The highest BCUT2D eigenvalue weighted by Gasteiger charge is 2.09. The molecule has 0 aromatic heterocycles. The molecule has 0 radical (unpaired) electrons. The van der Waals surface area contributed by atoms with Crippen LogP contribution in [0.4, 0.5) is 0 Å². The number of esters is 1. The molecule has 0 heterocycles. The largest absolute Gasteiger partial charge is 0.465 e. The van der Waals surface area contributed by atoms with E-state index in [-0.39, 0.29) is 5.78 Å². The number of methoxy groups -OCH3 is 1. The lowest BCUT2D eigenvalue weighted by Crippen LogP contribution is -2.03. The first kappa shape index (κ1) is 15.2. The van der Waals surface area contributed by atoms with Crippen LogP contribution in [-0.4, -0.2) is 18.9 Å². The molecule has 3 nitrogen and oxygen atoms in total. The molecule has 0 saturated carbocycles. The lowest BCUT2D eigenvalue weighted by atomic mass is 10.1. The molecule has 0 aliphatic carbocycles. The first-order valence-corrected chi connectivity index (χ1v) is 7.06. The second-order valence-corrected chi connectivity index (χ2v) is 5.20. The summed E-state index contributed by atoms with van der Waals surface area (Å²) in [7, 11) is 1.33. The van der Waals surface area contributed by atoms with Crippen molar-refractivity contribution < 1.29 is 14.3 Å². The minimum absolute atomic E-state index is 0.123. The van der Waals surface area contributed by atoms with Crippen molar-refractivity contribution in [2.75, 3.05) is 7.11 Å². The maximum absolute atomic E-state index is 12.1. The Morgan fingerprint density at radius 1 is 1.05 bits per heavy atom. The van der Waals surface area contributed by atoms with Crippen LogP contribution in [0.2, 0.25) is 0 Å². The summed E-state index contributed by atoms with van der Waals surface area (Å²) in [5, 5.41) is 0. The van der Waals surface area contributed by atoms with E-state index in [9.17, 15) is 9.59 Å². The van der Waals surface area contributed by atoms with Crippen LogP contribution in [0.25, 0.3) is 6.08 Å². The van der Waals surface area contributed by atoms with Crippen molar-refractivity contribution >= 4 is 33.8 Å². The highest BCUT2D eigenvalue weighted by molar-refractivity contribution is 9.10. The Morgan fingerprint density at radius 3 is 2.38 bits per heavy atom. The second kappa shape index (κ2) is 6.99. The van der Waals surface area contributed by atoms with E-state index in [1.54, 1.807) is 42.5 Å². The first-order chi connectivity index (χ1) is 10.1. The number of ether oxygens (including phenoxy) is 1. The summed E-state index contributed by atoms with van der Waals surface area (Å²) < 4.78 is 5.63. The number of halogens is 1. The van der Waals surface area contributed by atoms with E-state index in [1.165, 1.54) is 13.2 Å². The minimum atomic E-state index is -0.425. The molecule has 0 saturated heterocycles. The molecule has 2 rings (SSSR count). The molecule has 0 unspecified atom stereocenters. The van der Waals surface area contributed by atoms with Crippen LogP contribution in [0.1, 0.15) is 26.3 Å². The van der Waals surface area contributed by atoms with Gasteiger partial charge in [-0.2, -0.15) is 0 Å². The number of carbonyl (C=O) groups excluding carboxylic acids is 2. The molecule has 0 atom stereocenters. The van der Waals surface area contributed by atoms with E-state index in [0.29, 0.717) is 16.7 Å². The highest BCUT2D eigenvalue weighted by Crippen LogP contribution is 2.14. The molecule has 21 heavy (non-hydrogen) atoms. The fourth-order valence-corrected chi connectivity index (χ4v) is 2.08. The van der Waals surface area contributed by atoms with Crippen molar-refractivity contribution in [1.82, 2.24) is 0 Å². The topological polar surface area (TPSA) is 43.4 Å². The van der Waals surface area contributed by atoms with Gasteiger partial charge in [0, 0.05) is 10.0 Å². The summed E-state index contributed by atoms with van der Waals surface area (Å²) in [5.74, 6) is -0.548. The number of hydrogen-bond donors (Lipinski definition) is 0. The van der Waals surface area contributed by atoms with Crippen LogP contribution in [0.5, 0.6) is 0 Å². The lowest BCUT2D eigenvalue weighted by Gasteiger charge is -2.03. The number of carbonyl (C=O) groups is 2. The quantitative estimate of drug-likeness (QED) is 0.475. The Kier molecular flexibility index (Phi) is 5.06. The molecule has 106 valence electrons. The summed E-state index contributed by atoms with van der Waals surface area (Å²) >= 11 is 3.32. The van der Waals surface area contributed by atoms with Crippen LogP contribution in [0.15, 0.2) is 59.1 Å². The van der Waals surface area contributed by atoms with Crippen LogP contribution in [0, 0.1) is 0 Å². The monoisotopic (exact) mass is 344 g/mol. The van der Waals surface area contributed by atoms with Gasteiger partial charge in [0.1, 0.15) is 0 Å². The van der Waals surface area contributed by atoms with Gasteiger partial charge in [0.05, 0.1) is 12.7 Å². The van der Waals surface area contributed by atoms with Gasteiger partial charge in [-0.1, -0.05) is 40.2 Å². The van der Waals surface area contributed by atoms with Gasteiger partial charge in [-0.15, -0.1) is 0 Å². The number of ketones is 1. The van der Waals surface area contributed by atoms with Crippen LogP contribution >= 0.6 is 15.9 Å². The summed E-state index contributed by atoms with van der Waals surface area (Å²) in [6, 6.07) is 14.1. The Hall–Kier alpha value is -2.20. The average Bonchev–Trinajstić information content (AvgIpc) is 2.52. The third-order valence-electron chi connectivity index (χ3n) is 2.91. The van der Waals surface area contributed by atoms with E-state index >= 15 is 0 Å². The maximum atomic E-state index is 12.1. The highest BCUT2D eigenvalue weighted by atomic mass is 79.9. The number of benzene rings is 2. The van der Waals surface area contributed by atoms with Crippen molar-refractivity contribution in [3.05, 3.63) is 75.8 Å². The third kappa shape index (κ3) is 3.89. The molecule has 2 aromatic carbocycles. The van der Waals surface area contributed by atoms with Crippen molar-refractivity contribution in [1.29, 1.82) is 0 Å². The van der Waals surface area contributed by atoms with Gasteiger partial charge in [0.15, 0.2) is 5.78 Å². The maximum Gasteiger partial charge on any atom is 0.338 e. The van der Waals surface area contributed by atoms with E-state index in [4.69, 9.17) is 4.74 Å². The summed E-state index contributed by atoms with van der Waals surface area (Å²) in [5.41, 5.74) is 1.67. The van der Waals surface area contributed by atoms with Gasteiger partial charge in [-0.25, -0.2) is 4.79 Å². The van der Waals surface area contributed by atoms with Gasteiger partial charge in [-0.05, 0) is 42.0 Å². The normalized spacial score (nSPS) is 10.6. The summed E-state index contributed by atoms with van der Waals surface area (Å²) in [4.78, 5) is 23.7. The van der Waals surface area contributed by atoms with Crippen molar-refractivity contribution in [2.45, 2.75) is 0 Å². The summed E-state index contributed by atoms with van der Waals surface area (Å²) in [6.45, 7) is 0. The van der Waals surface area contributed by atoms with E-state index in [1.807, 2.05) is 12.1 Å². The molecule has 2 aromatic rings. The van der Waals surface area contributed by atoms with Gasteiger partial charge in [-0.3, -0.25) is 4.79 Å². The third-order valence-corrected chi connectivity index (χ3v) is 3.44. The van der Waals surface area contributed by atoms with Crippen molar-refractivity contribution in [3.63, 3.8) is 0 Å². The smallest absolute Gasteiger partial charge is 0.338 e. The SMILES string of the molecule is COC(=O)c1ccccc1/C=C/C(=O)c1ccc(Br)cc1. The van der Waals surface area contributed by atoms with Gasteiger partial charge in [0.25, 0.3) is 0 Å². The number of rotatable bonds is 4. The Balaban J connectivity index is 2.23. The van der Waals surface area contributed by atoms with Crippen molar-refractivity contribution in [2.24, 2.45) is 0 Å². The van der Waals surface area contributed by atoms with Crippen LogP contribution < -0.4 is 0 Å². The zero-order valence-corrected chi connectivity index (χ0v) is 13.0. The molecule has 0 amide bonds. The Bertz CT molecular complexity index is 687. The Morgan fingerprint density at radius 2 is 1.71 bits per heavy atom. The van der Waals surface area contributed by atoms with E-state index < -0.39 is 5.97 Å². The van der Waals surface area contributed by atoms with E-state index in [0.717, 1.165) is 4.47 Å². The molecule has 0 N–H and O–H groups in total. The van der Waals surface area contributed by atoms with Gasteiger partial charge in [0.2, 0.25) is 0 Å². The molecular weight excluding hydrogens is 332 g/mol. The predicted molar refractivity (Wildman–Crippen MR) is 85.3 cm³/mol. The molecule has 0 aliphatic heterocycles. The Labute approximate surface area is 131 Å². The average molecular weight is 345 g/mol. The molecule has 0 bridgehead atoms. The van der Waals surface area contributed by atoms with Crippen LogP contribution in [0.3, 0.4) is 0 Å². The molecular formula is C17H13BrO3. The van der Waals surface area contributed by atoms with Crippen LogP contribution in [-0.2, 0) is 4.74 Å². The fraction of sp³-hybridized carbons (Fsp3) is 0.0588.